The van der Waals surface area contributed by atoms with Crippen molar-refractivity contribution in [2.24, 2.45) is 0 Å². The van der Waals surface area contributed by atoms with Crippen LogP contribution in [-0.2, 0) is 6.54 Å². The summed E-state index contributed by atoms with van der Waals surface area (Å²) in [6.45, 7) is 0.511. The van der Waals surface area contributed by atoms with Gasteiger partial charge in [0.1, 0.15) is 5.82 Å². The van der Waals surface area contributed by atoms with Crippen LogP contribution < -0.4 is 5.32 Å². The Balaban J connectivity index is 2.16. The van der Waals surface area contributed by atoms with Gasteiger partial charge in [0, 0.05) is 11.0 Å². The third-order valence-electron chi connectivity index (χ3n) is 2.43. The van der Waals surface area contributed by atoms with Crippen LogP contribution >= 0.6 is 43.5 Å². The summed E-state index contributed by atoms with van der Waals surface area (Å²) in [5, 5.41) is 3.85. The first-order chi connectivity index (χ1) is 8.58. The largest absolute Gasteiger partial charge is 0.380 e. The zero-order chi connectivity index (χ0) is 13.1. The number of rotatable bonds is 3. The lowest BCUT2D eigenvalue weighted by Crippen LogP contribution is -2.01. The SMILES string of the molecule is Fc1ccc(Br)c(CNc2cccc(Cl)c2Br)c1. The first kappa shape index (κ1) is 13.8. The summed E-state index contributed by atoms with van der Waals surface area (Å²) < 4.78 is 14.8. The van der Waals surface area contributed by atoms with Crippen LogP contribution in [0.5, 0.6) is 0 Å². The highest BCUT2D eigenvalue weighted by Crippen LogP contribution is 2.30. The smallest absolute Gasteiger partial charge is 0.123 e. The third kappa shape index (κ3) is 3.25. The minimum Gasteiger partial charge on any atom is -0.380 e. The molecule has 2 aromatic rings. The van der Waals surface area contributed by atoms with Crippen molar-refractivity contribution in [1.82, 2.24) is 0 Å². The molecule has 0 heterocycles. The van der Waals surface area contributed by atoms with Gasteiger partial charge in [-0.3, -0.25) is 0 Å². The Morgan fingerprint density at radius 3 is 2.72 bits per heavy atom. The first-order valence-corrected chi connectivity index (χ1v) is 7.16. The van der Waals surface area contributed by atoms with Crippen LogP contribution in [0.15, 0.2) is 45.3 Å². The van der Waals surface area contributed by atoms with Gasteiger partial charge in [0.2, 0.25) is 0 Å². The fourth-order valence-electron chi connectivity index (χ4n) is 1.51. The maximum Gasteiger partial charge on any atom is 0.123 e. The lowest BCUT2D eigenvalue weighted by Gasteiger charge is -2.10. The average molecular weight is 393 g/mol. The molecule has 0 atom stereocenters. The molecule has 0 aliphatic rings. The van der Waals surface area contributed by atoms with Crippen molar-refractivity contribution >= 4 is 49.1 Å². The molecule has 2 rings (SSSR count). The predicted octanol–water partition coefficient (Wildman–Crippen LogP) is 5.62. The zero-order valence-corrected chi connectivity index (χ0v) is 13.1. The van der Waals surface area contributed by atoms with Gasteiger partial charge in [-0.15, -0.1) is 0 Å². The Hall–Kier alpha value is -0.580. The highest BCUT2D eigenvalue weighted by molar-refractivity contribution is 9.11. The molecule has 0 unspecified atom stereocenters. The Morgan fingerprint density at radius 2 is 1.94 bits per heavy atom. The van der Waals surface area contributed by atoms with Crippen LogP contribution in [0.3, 0.4) is 0 Å². The van der Waals surface area contributed by atoms with E-state index in [1.165, 1.54) is 12.1 Å². The van der Waals surface area contributed by atoms with Crippen LogP contribution in [-0.4, -0.2) is 0 Å². The van der Waals surface area contributed by atoms with Gasteiger partial charge in [0.25, 0.3) is 0 Å². The van der Waals surface area contributed by atoms with E-state index in [1.807, 2.05) is 12.1 Å². The Labute approximate surface area is 127 Å². The van der Waals surface area contributed by atoms with Crippen molar-refractivity contribution in [3.8, 4) is 0 Å². The first-order valence-electron chi connectivity index (χ1n) is 5.20. The Morgan fingerprint density at radius 1 is 1.17 bits per heavy atom. The summed E-state index contributed by atoms with van der Waals surface area (Å²) in [6.07, 6.45) is 0. The van der Waals surface area contributed by atoms with E-state index in [4.69, 9.17) is 11.6 Å². The molecule has 94 valence electrons. The number of benzene rings is 2. The lowest BCUT2D eigenvalue weighted by atomic mass is 10.2. The number of hydrogen-bond donors (Lipinski definition) is 1. The quantitative estimate of drug-likeness (QED) is 0.714. The lowest BCUT2D eigenvalue weighted by molar-refractivity contribution is 0.625. The second-order valence-electron chi connectivity index (χ2n) is 3.69. The van der Waals surface area contributed by atoms with Crippen LogP contribution in [0, 0.1) is 5.82 Å². The second kappa shape index (κ2) is 6.04. The fourth-order valence-corrected chi connectivity index (χ4v) is 2.48. The van der Waals surface area contributed by atoms with E-state index in [0.29, 0.717) is 11.6 Å². The van der Waals surface area contributed by atoms with Gasteiger partial charge >= 0.3 is 0 Å². The van der Waals surface area contributed by atoms with E-state index in [2.05, 4.69) is 37.2 Å². The van der Waals surface area contributed by atoms with E-state index in [1.54, 1.807) is 12.1 Å². The van der Waals surface area contributed by atoms with Crippen LogP contribution in [0.1, 0.15) is 5.56 Å². The predicted molar refractivity (Wildman–Crippen MR) is 80.6 cm³/mol. The molecule has 0 fully saturated rings. The number of anilines is 1. The van der Waals surface area contributed by atoms with Crippen molar-refractivity contribution in [2.75, 3.05) is 5.32 Å². The molecular formula is C13H9Br2ClFN. The summed E-state index contributed by atoms with van der Waals surface area (Å²) in [5.74, 6) is -0.250. The maximum atomic E-state index is 13.1. The standard InChI is InChI=1S/C13H9Br2ClFN/c14-10-5-4-9(17)6-8(10)7-18-12-3-1-2-11(16)13(12)15/h1-6,18H,7H2. The molecule has 0 radical (unpaired) electrons. The van der Waals surface area contributed by atoms with Crippen LogP contribution in [0.25, 0.3) is 0 Å². The van der Waals surface area contributed by atoms with Crippen molar-refractivity contribution in [1.29, 1.82) is 0 Å². The highest BCUT2D eigenvalue weighted by atomic mass is 79.9. The summed E-state index contributed by atoms with van der Waals surface area (Å²) in [4.78, 5) is 0. The molecule has 2 aromatic carbocycles. The van der Waals surface area contributed by atoms with Crippen molar-refractivity contribution in [3.63, 3.8) is 0 Å². The summed E-state index contributed by atoms with van der Waals surface area (Å²) in [5.41, 5.74) is 1.72. The van der Waals surface area contributed by atoms with Gasteiger partial charge in [0.05, 0.1) is 15.2 Å². The van der Waals surface area contributed by atoms with Crippen LogP contribution in [0.4, 0.5) is 10.1 Å². The molecule has 18 heavy (non-hydrogen) atoms. The molecular weight excluding hydrogens is 384 g/mol. The third-order valence-corrected chi connectivity index (χ3v) is 4.60. The van der Waals surface area contributed by atoms with E-state index in [-0.39, 0.29) is 5.82 Å². The number of halogens is 4. The van der Waals surface area contributed by atoms with Crippen molar-refractivity contribution in [2.45, 2.75) is 6.54 Å². The molecule has 1 nitrogen and oxygen atoms in total. The van der Waals surface area contributed by atoms with E-state index in [9.17, 15) is 4.39 Å². The molecule has 0 saturated carbocycles. The summed E-state index contributed by atoms with van der Waals surface area (Å²) in [7, 11) is 0. The van der Waals surface area contributed by atoms with Crippen molar-refractivity contribution in [3.05, 3.63) is 61.7 Å². The van der Waals surface area contributed by atoms with Gasteiger partial charge < -0.3 is 5.32 Å². The topological polar surface area (TPSA) is 12.0 Å². The minimum atomic E-state index is -0.250. The Kier molecular flexibility index (Phi) is 4.65. The molecule has 1 N–H and O–H groups in total. The van der Waals surface area contributed by atoms with Crippen molar-refractivity contribution < 1.29 is 4.39 Å². The Bertz CT molecular complexity index is 573. The van der Waals surface area contributed by atoms with Gasteiger partial charge in [0.15, 0.2) is 0 Å². The average Bonchev–Trinajstić information content (AvgIpc) is 2.35. The second-order valence-corrected chi connectivity index (χ2v) is 5.75. The van der Waals surface area contributed by atoms with E-state index < -0.39 is 0 Å². The van der Waals surface area contributed by atoms with Gasteiger partial charge in [-0.2, -0.15) is 0 Å². The number of nitrogens with one attached hydrogen (secondary N) is 1. The normalized spacial score (nSPS) is 10.4. The van der Waals surface area contributed by atoms with Crippen LogP contribution in [0.2, 0.25) is 5.02 Å². The highest BCUT2D eigenvalue weighted by Gasteiger charge is 2.05. The van der Waals surface area contributed by atoms with Gasteiger partial charge in [-0.25, -0.2) is 4.39 Å². The fraction of sp³-hybridized carbons (Fsp3) is 0.0769. The van der Waals surface area contributed by atoms with Gasteiger partial charge in [-0.05, 0) is 51.8 Å². The monoisotopic (exact) mass is 391 g/mol. The maximum absolute atomic E-state index is 13.1. The molecule has 0 spiro atoms. The van der Waals surface area contributed by atoms with E-state index in [0.717, 1.165) is 20.2 Å². The molecule has 5 heteroatoms. The summed E-state index contributed by atoms with van der Waals surface area (Å²) >= 11 is 12.8. The molecule has 0 aliphatic heterocycles. The molecule has 0 amide bonds. The molecule has 0 aliphatic carbocycles. The zero-order valence-electron chi connectivity index (χ0n) is 9.18. The van der Waals surface area contributed by atoms with Gasteiger partial charge in [-0.1, -0.05) is 33.6 Å². The van der Waals surface area contributed by atoms with E-state index >= 15 is 0 Å². The molecule has 0 bridgehead atoms. The molecule has 0 aromatic heterocycles. The summed E-state index contributed by atoms with van der Waals surface area (Å²) in [6, 6.07) is 10.2. The number of hydrogen-bond acceptors (Lipinski definition) is 1. The molecule has 0 saturated heterocycles. The minimum absolute atomic E-state index is 0.250.